The van der Waals surface area contributed by atoms with Gasteiger partial charge in [0.2, 0.25) is 5.91 Å². The fourth-order valence-electron chi connectivity index (χ4n) is 5.94. The van der Waals surface area contributed by atoms with Crippen LogP contribution in [0.3, 0.4) is 0 Å². The predicted octanol–water partition coefficient (Wildman–Crippen LogP) is 5.12. The van der Waals surface area contributed by atoms with Gasteiger partial charge in [-0.15, -0.1) is 0 Å². The van der Waals surface area contributed by atoms with Gasteiger partial charge >= 0.3 is 0 Å². The average molecular weight is 595 g/mol. The van der Waals surface area contributed by atoms with Crippen molar-refractivity contribution in [1.29, 1.82) is 0 Å². The number of benzene rings is 4. The summed E-state index contributed by atoms with van der Waals surface area (Å²) < 4.78 is 19.8. The molecule has 0 unspecified atom stereocenters. The second-order valence-electron chi connectivity index (χ2n) is 11.2. The Bertz CT molecular complexity index is 1390. The van der Waals surface area contributed by atoms with Crippen LogP contribution in [0.25, 0.3) is 0 Å². The van der Waals surface area contributed by atoms with Crippen molar-refractivity contribution in [1.82, 2.24) is 10.2 Å². The number of aliphatic hydroxyl groups is 1. The van der Waals surface area contributed by atoms with Gasteiger partial charge in [-0.2, -0.15) is 0 Å². The van der Waals surface area contributed by atoms with E-state index < -0.39 is 24.3 Å². The number of amides is 1. The van der Waals surface area contributed by atoms with Crippen LogP contribution in [0.1, 0.15) is 29.2 Å². The number of carbonyl (C=O) groups is 1. The summed E-state index contributed by atoms with van der Waals surface area (Å²) in [4.78, 5) is 14.8. The van der Waals surface area contributed by atoms with Crippen LogP contribution in [0.4, 0.5) is 0 Å². The van der Waals surface area contributed by atoms with Crippen LogP contribution in [0.2, 0.25) is 0 Å². The van der Waals surface area contributed by atoms with E-state index >= 15 is 0 Å². The number of nitrogens with one attached hydrogen (secondary N) is 1. The van der Waals surface area contributed by atoms with Crippen molar-refractivity contribution in [3.8, 4) is 0 Å². The molecule has 1 heterocycles. The van der Waals surface area contributed by atoms with Crippen LogP contribution in [-0.2, 0) is 45.4 Å². The lowest BCUT2D eigenvalue weighted by Crippen LogP contribution is -2.72. The summed E-state index contributed by atoms with van der Waals surface area (Å²) in [6.45, 7) is 3.34. The Morgan fingerprint density at radius 2 is 1.11 bits per heavy atom. The van der Waals surface area contributed by atoms with E-state index in [4.69, 9.17) is 14.2 Å². The Balaban J connectivity index is 1.51. The zero-order chi connectivity index (χ0) is 30.6. The minimum absolute atomic E-state index is 0.177. The van der Waals surface area contributed by atoms with Crippen molar-refractivity contribution in [2.45, 2.75) is 63.6 Å². The van der Waals surface area contributed by atoms with Crippen molar-refractivity contribution in [2.75, 3.05) is 13.2 Å². The topological polar surface area (TPSA) is 80.3 Å². The van der Waals surface area contributed by atoms with E-state index in [1.807, 2.05) is 109 Å². The van der Waals surface area contributed by atoms with Crippen molar-refractivity contribution >= 4 is 5.91 Å². The molecule has 0 radical (unpaired) electrons. The van der Waals surface area contributed by atoms with Gasteiger partial charge in [0, 0.05) is 13.5 Å². The zero-order valence-electron chi connectivity index (χ0n) is 25.2. The molecule has 5 rings (SSSR count). The Labute approximate surface area is 260 Å². The summed E-state index contributed by atoms with van der Waals surface area (Å²) in [5, 5.41) is 14.0. The number of rotatable bonds is 14. The molecule has 7 heteroatoms. The molecule has 1 amide bonds. The second kappa shape index (κ2) is 16.3. The molecule has 7 nitrogen and oxygen atoms in total. The minimum Gasteiger partial charge on any atom is -0.395 e. The van der Waals surface area contributed by atoms with E-state index in [1.165, 1.54) is 6.92 Å². The molecule has 0 spiro atoms. The highest BCUT2D eigenvalue weighted by Crippen LogP contribution is 2.32. The Morgan fingerprint density at radius 3 is 1.59 bits per heavy atom. The highest BCUT2D eigenvalue weighted by Gasteiger charge is 2.51. The maximum atomic E-state index is 12.6. The van der Waals surface area contributed by atoms with Gasteiger partial charge in [-0.1, -0.05) is 121 Å². The summed E-state index contributed by atoms with van der Waals surface area (Å²) >= 11 is 0. The molecule has 4 aromatic carbocycles. The van der Waals surface area contributed by atoms with Gasteiger partial charge in [0.25, 0.3) is 0 Å². The molecule has 1 aliphatic heterocycles. The van der Waals surface area contributed by atoms with E-state index in [9.17, 15) is 9.90 Å². The quantitative estimate of drug-likeness (QED) is 0.211. The Morgan fingerprint density at radius 1 is 0.659 bits per heavy atom. The molecular formula is C37H42N2O5. The molecule has 44 heavy (non-hydrogen) atoms. The fourth-order valence-corrected chi connectivity index (χ4v) is 5.94. The molecule has 0 aliphatic carbocycles. The number of hydrogen-bond acceptors (Lipinski definition) is 6. The number of hydrogen-bond donors (Lipinski definition) is 2. The number of aliphatic hydroxyl groups excluding tert-OH is 1. The molecule has 0 bridgehead atoms. The third-order valence-corrected chi connectivity index (χ3v) is 8.06. The standard InChI is InChI=1S/C37H42N2O5/c1-28(41)38-35-33(23-40)39(22-29-14-6-2-7-15-29)34(27-42-24-30-16-8-3-9-17-30)36(43-25-31-18-10-4-11-19-31)37(35)44-26-32-20-12-5-13-21-32/h2-21,33-37,40H,22-27H2,1H3,(H,38,41)/t33-,34+,35-,36+,37+/m0/s1. The van der Waals surface area contributed by atoms with Gasteiger partial charge in [0.05, 0.1) is 51.2 Å². The van der Waals surface area contributed by atoms with Gasteiger partial charge in [0.1, 0.15) is 12.2 Å². The Kier molecular flexibility index (Phi) is 11.7. The van der Waals surface area contributed by atoms with Crippen LogP contribution in [-0.4, -0.2) is 59.5 Å². The van der Waals surface area contributed by atoms with Gasteiger partial charge < -0.3 is 24.6 Å². The van der Waals surface area contributed by atoms with Crippen molar-refractivity contribution in [3.63, 3.8) is 0 Å². The fraction of sp³-hybridized carbons (Fsp3) is 0.324. The maximum Gasteiger partial charge on any atom is 0.217 e. The van der Waals surface area contributed by atoms with Crippen LogP contribution in [0, 0.1) is 0 Å². The van der Waals surface area contributed by atoms with E-state index in [-0.39, 0.29) is 18.6 Å². The number of ether oxygens (including phenoxy) is 3. The third-order valence-electron chi connectivity index (χ3n) is 8.06. The molecule has 5 atom stereocenters. The van der Waals surface area contributed by atoms with Crippen LogP contribution < -0.4 is 5.32 Å². The highest BCUT2D eigenvalue weighted by molar-refractivity contribution is 5.73. The monoisotopic (exact) mass is 594 g/mol. The molecule has 1 fully saturated rings. The van der Waals surface area contributed by atoms with Crippen molar-refractivity contribution in [3.05, 3.63) is 144 Å². The molecule has 0 aromatic heterocycles. The molecule has 2 N–H and O–H groups in total. The van der Waals surface area contributed by atoms with Gasteiger partial charge in [0.15, 0.2) is 0 Å². The van der Waals surface area contributed by atoms with E-state index in [2.05, 4.69) is 22.3 Å². The summed E-state index contributed by atoms with van der Waals surface area (Å²) in [5.41, 5.74) is 4.21. The summed E-state index contributed by atoms with van der Waals surface area (Å²) in [6.07, 6.45) is -1.05. The average Bonchev–Trinajstić information content (AvgIpc) is 3.06. The summed E-state index contributed by atoms with van der Waals surface area (Å²) in [5.74, 6) is -0.193. The highest BCUT2D eigenvalue weighted by atomic mass is 16.5. The van der Waals surface area contributed by atoms with E-state index in [1.54, 1.807) is 0 Å². The lowest BCUT2D eigenvalue weighted by Gasteiger charge is -2.53. The molecule has 4 aromatic rings. The summed E-state index contributed by atoms with van der Waals surface area (Å²) in [6, 6.07) is 39.0. The third kappa shape index (κ3) is 8.62. The largest absolute Gasteiger partial charge is 0.395 e. The second-order valence-corrected chi connectivity index (χ2v) is 11.2. The number of likely N-dealkylation sites (tertiary alicyclic amines) is 1. The molecule has 0 saturated carbocycles. The zero-order valence-corrected chi connectivity index (χ0v) is 25.2. The lowest BCUT2D eigenvalue weighted by atomic mass is 9.85. The lowest BCUT2D eigenvalue weighted by molar-refractivity contribution is -0.191. The Hall–Kier alpha value is -3.85. The first-order valence-electron chi connectivity index (χ1n) is 15.2. The number of nitrogens with zero attached hydrogens (tertiary/aromatic N) is 1. The van der Waals surface area contributed by atoms with Gasteiger partial charge in [-0.05, 0) is 22.3 Å². The first-order chi connectivity index (χ1) is 21.6. The maximum absolute atomic E-state index is 12.6. The number of piperidine rings is 1. The first-order valence-corrected chi connectivity index (χ1v) is 15.2. The molecule has 230 valence electrons. The normalized spacial score (nSPS) is 22.0. The summed E-state index contributed by atoms with van der Waals surface area (Å²) in [7, 11) is 0. The minimum atomic E-state index is -0.558. The van der Waals surface area contributed by atoms with Crippen LogP contribution in [0.15, 0.2) is 121 Å². The van der Waals surface area contributed by atoms with E-state index in [0.717, 1.165) is 22.3 Å². The van der Waals surface area contributed by atoms with Gasteiger partial charge in [-0.25, -0.2) is 0 Å². The van der Waals surface area contributed by atoms with Crippen LogP contribution >= 0.6 is 0 Å². The molecular weight excluding hydrogens is 552 g/mol. The van der Waals surface area contributed by atoms with E-state index in [0.29, 0.717) is 33.0 Å². The predicted molar refractivity (Wildman–Crippen MR) is 170 cm³/mol. The van der Waals surface area contributed by atoms with Crippen molar-refractivity contribution in [2.24, 2.45) is 0 Å². The molecule has 1 aliphatic rings. The SMILES string of the molecule is CC(=O)N[C@@H]1[C@@H](OCc2ccccc2)[C@H](OCc2ccccc2)[C@@H](COCc2ccccc2)N(Cc2ccccc2)[C@H]1CO. The molecule has 1 saturated heterocycles. The van der Waals surface area contributed by atoms with Gasteiger partial charge in [-0.3, -0.25) is 9.69 Å². The number of carbonyl (C=O) groups excluding carboxylic acids is 1. The van der Waals surface area contributed by atoms with Crippen LogP contribution in [0.5, 0.6) is 0 Å². The first kappa shape index (κ1) is 31.6. The smallest absolute Gasteiger partial charge is 0.217 e. The van der Waals surface area contributed by atoms with Crippen molar-refractivity contribution < 1.29 is 24.1 Å².